The number of rotatable bonds is 6. The zero-order valence-electron chi connectivity index (χ0n) is 18.1. The molecule has 0 amide bonds. The highest BCUT2D eigenvalue weighted by Crippen LogP contribution is 2.20. The van der Waals surface area contributed by atoms with Crippen LogP contribution < -0.4 is 5.43 Å². The third-order valence-corrected chi connectivity index (χ3v) is 6.29. The van der Waals surface area contributed by atoms with Gasteiger partial charge in [0.2, 0.25) is 5.43 Å². The molecule has 1 aliphatic heterocycles. The van der Waals surface area contributed by atoms with Crippen LogP contribution in [0.2, 0.25) is 0 Å². The normalized spacial score (nSPS) is 16.5. The summed E-state index contributed by atoms with van der Waals surface area (Å²) in [5.74, 6) is 0. The third kappa shape index (κ3) is 4.60. The van der Waals surface area contributed by atoms with Crippen LogP contribution in [-0.4, -0.2) is 53.7 Å². The Morgan fingerprint density at radius 1 is 0.781 bits per heavy atom. The molecule has 0 saturated carbocycles. The van der Waals surface area contributed by atoms with Crippen molar-refractivity contribution in [1.82, 2.24) is 9.80 Å². The Bertz CT molecular complexity index is 1260. The summed E-state index contributed by atoms with van der Waals surface area (Å²) in [5, 5.41) is 11.9. The number of piperazine rings is 1. The maximum atomic E-state index is 12.9. The van der Waals surface area contributed by atoms with Gasteiger partial charge < -0.3 is 9.52 Å². The molecule has 1 aromatic heterocycles. The quantitative estimate of drug-likeness (QED) is 0.475. The Labute approximate surface area is 187 Å². The van der Waals surface area contributed by atoms with Gasteiger partial charge in [0, 0.05) is 39.3 Å². The number of benzene rings is 3. The number of aliphatic hydroxyl groups is 1. The highest BCUT2D eigenvalue weighted by atomic mass is 16.3. The lowest BCUT2D eigenvalue weighted by atomic mass is 10.0. The van der Waals surface area contributed by atoms with E-state index in [1.165, 1.54) is 5.56 Å². The second-order valence-electron chi connectivity index (χ2n) is 8.68. The van der Waals surface area contributed by atoms with E-state index in [4.69, 9.17) is 4.42 Å². The maximum absolute atomic E-state index is 12.9. The van der Waals surface area contributed by atoms with Crippen LogP contribution >= 0.6 is 0 Å². The number of hydrogen-bond acceptors (Lipinski definition) is 5. The van der Waals surface area contributed by atoms with Gasteiger partial charge in [-0.3, -0.25) is 14.6 Å². The number of para-hydroxylation sites is 1. The minimum Gasteiger partial charge on any atom is -0.456 e. The largest absolute Gasteiger partial charge is 0.456 e. The zero-order chi connectivity index (χ0) is 21.9. The summed E-state index contributed by atoms with van der Waals surface area (Å²) in [6, 6.07) is 23.5. The highest BCUT2D eigenvalue weighted by molar-refractivity contribution is 5.89. The van der Waals surface area contributed by atoms with Crippen molar-refractivity contribution >= 4 is 21.9 Å². The van der Waals surface area contributed by atoms with Gasteiger partial charge in [0.15, 0.2) is 0 Å². The average molecular weight is 429 g/mol. The van der Waals surface area contributed by atoms with E-state index in [0.29, 0.717) is 34.9 Å². The van der Waals surface area contributed by atoms with Crippen LogP contribution in [0.1, 0.15) is 11.1 Å². The van der Waals surface area contributed by atoms with E-state index in [2.05, 4.69) is 34.1 Å². The second-order valence-corrected chi connectivity index (χ2v) is 8.68. The van der Waals surface area contributed by atoms with Crippen LogP contribution in [0.5, 0.6) is 0 Å². The number of fused-ring (bicyclic) bond motifs is 2. The van der Waals surface area contributed by atoms with Crippen molar-refractivity contribution in [2.45, 2.75) is 19.1 Å². The minimum absolute atomic E-state index is 0.0206. The molecule has 32 heavy (non-hydrogen) atoms. The second kappa shape index (κ2) is 9.25. The molecule has 164 valence electrons. The van der Waals surface area contributed by atoms with Gasteiger partial charge in [-0.25, -0.2) is 0 Å². The molecular weight excluding hydrogens is 400 g/mol. The van der Waals surface area contributed by atoms with Gasteiger partial charge >= 0.3 is 0 Å². The van der Waals surface area contributed by atoms with Crippen LogP contribution in [0.25, 0.3) is 21.9 Å². The first-order valence-corrected chi connectivity index (χ1v) is 11.3. The fourth-order valence-electron chi connectivity index (χ4n) is 4.58. The molecule has 1 unspecified atom stereocenters. The standard InChI is InChI=1S/C27H28N2O3/c30-22(19-29-14-12-28(13-15-29)18-20-6-2-1-3-7-20)16-21-10-11-26-24(17-21)27(31)23-8-4-5-9-25(23)32-26/h1-11,17,22,30H,12-16,18-19H2. The lowest BCUT2D eigenvalue weighted by Crippen LogP contribution is -2.48. The van der Waals surface area contributed by atoms with Crippen molar-refractivity contribution in [2.75, 3.05) is 32.7 Å². The van der Waals surface area contributed by atoms with Crippen molar-refractivity contribution < 1.29 is 9.52 Å². The Balaban J connectivity index is 1.20. The minimum atomic E-state index is -0.472. The Hall–Kier alpha value is -2.99. The first-order chi connectivity index (χ1) is 15.7. The van der Waals surface area contributed by atoms with Crippen molar-refractivity contribution in [3.8, 4) is 0 Å². The van der Waals surface area contributed by atoms with Crippen molar-refractivity contribution in [3.05, 3.63) is 94.1 Å². The van der Waals surface area contributed by atoms with Crippen LogP contribution in [0, 0.1) is 0 Å². The monoisotopic (exact) mass is 428 g/mol. The summed E-state index contributed by atoms with van der Waals surface area (Å²) in [6.07, 6.45) is 0.0486. The smallest absolute Gasteiger partial charge is 0.200 e. The first-order valence-electron chi connectivity index (χ1n) is 11.3. The van der Waals surface area contributed by atoms with E-state index in [9.17, 15) is 9.90 Å². The lowest BCUT2D eigenvalue weighted by molar-refractivity contribution is 0.0705. The molecule has 1 fully saturated rings. The topological polar surface area (TPSA) is 56.9 Å². The highest BCUT2D eigenvalue weighted by Gasteiger charge is 2.20. The molecule has 5 nitrogen and oxygen atoms in total. The van der Waals surface area contributed by atoms with E-state index in [-0.39, 0.29) is 5.43 Å². The van der Waals surface area contributed by atoms with Crippen LogP contribution in [-0.2, 0) is 13.0 Å². The predicted octanol–water partition coefficient (Wildman–Crippen LogP) is 3.67. The Morgan fingerprint density at radius 2 is 1.47 bits per heavy atom. The lowest BCUT2D eigenvalue weighted by Gasteiger charge is -2.35. The molecule has 0 bridgehead atoms. The molecule has 1 saturated heterocycles. The number of nitrogens with zero attached hydrogens (tertiary/aromatic N) is 2. The Morgan fingerprint density at radius 3 is 2.28 bits per heavy atom. The molecule has 1 aliphatic rings. The Kier molecular flexibility index (Phi) is 6.04. The van der Waals surface area contributed by atoms with Gasteiger partial charge in [-0.15, -0.1) is 0 Å². The number of β-amino-alcohol motifs (C(OH)–C–C–N with tert-alkyl or cyclic N) is 1. The number of hydrogen-bond donors (Lipinski definition) is 1. The summed E-state index contributed by atoms with van der Waals surface area (Å²) >= 11 is 0. The van der Waals surface area contributed by atoms with E-state index >= 15 is 0 Å². The molecule has 5 heteroatoms. The summed E-state index contributed by atoms with van der Waals surface area (Å²) < 4.78 is 5.89. The molecule has 5 rings (SSSR count). The molecule has 0 radical (unpaired) electrons. The van der Waals surface area contributed by atoms with E-state index in [1.807, 2.05) is 42.5 Å². The van der Waals surface area contributed by atoms with Gasteiger partial charge in [0.1, 0.15) is 11.2 Å². The fraction of sp³-hybridized carbons (Fsp3) is 0.296. The van der Waals surface area contributed by atoms with Crippen LogP contribution in [0.3, 0.4) is 0 Å². The first kappa shape index (κ1) is 20.9. The van der Waals surface area contributed by atoms with Gasteiger partial charge in [-0.1, -0.05) is 48.5 Å². The fourth-order valence-corrected chi connectivity index (χ4v) is 4.58. The average Bonchev–Trinajstić information content (AvgIpc) is 2.82. The van der Waals surface area contributed by atoms with E-state index in [1.54, 1.807) is 6.07 Å². The molecule has 3 aromatic carbocycles. The molecule has 1 N–H and O–H groups in total. The summed E-state index contributed by atoms with van der Waals surface area (Å²) in [5.41, 5.74) is 3.46. The van der Waals surface area contributed by atoms with E-state index in [0.717, 1.165) is 38.3 Å². The summed E-state index contributed by atoms with van der Waals surface area (Å²) in [6.45, 7) is 5.54. The molecule has 4 aromatic rings. The van der Waals surface area contributed by atoms with E-state index < -0.39 is 6.10 Å². The predicted molar refractivity (Wildman–Crippen MR) is 128 cm³/mol. The number of aliphatic hydroxyl groups excluding tert-OH is 1. The van der Waals surface area contributed by atoms with Crippen molar-refractivity contribution in [2.24, 2.45) is 0 Å². The SMILES string of the molecule is O=c1c2ccccc2oc2ccc(CC(O)CN3CCN(Cc4ccccc4)CC3)cc12. The van der Waals surface area contributed by atoms with Crippen molar-refractivity contribution in [1.29, 1.82) is 0 Å². The maximum Gasteiger partial charge on any atom is 0.200 e. The molecule has 1 atom stereocenters. The van der Waals surface area contributed by atoms with Gasteiger partial charge in [0.05, 0.1) is 16.9 Å². The van der Waals surface area contributed by atoms with Crippen LogP contribution in [0.4, 0.5) is 0 Å². The van der Waals surface area contributed by atoms with Crippen molar-refractivity contribution in [3.63, 3.8) is 0 Å². The summed E-state index contributed by atoms with van der Waals surface area (Å²) in [4.78, 5) is 17.7. The van der Waals surface area contributed by atoms with Gasteiger partial charge in [0.25, 0.3) is 0 Å². The van der Waals surface area contributed by atoms with Gasteiger partial charge in [-0.05, 0) is 41.8 Å². The van der Waals surface area contributed by atoms with Gasteiger partial charge in [-0.2, -0.15) is 0 Å². The molecule has 0 spiro atoms. The third-order valence-electron chi connectivity index (χ3n) is 6.29. The van der Waals surface area contributed by atoms with Crippen LogP contribution in [0.15, 0.2) is 82.0 Å². The molecular formula is C27H28N2O3. The molecule has 0 aliphatic carbocycles. The molecule has 2 heterocycles. The summed E-state index contributed by atoms with van der Waals surface area (Å²) in [7, 11) is 0. The zero-order valence-corrected chi connectivity index (χ0v) is 18.1.